The first kappa shape index (κ1) is 16.0. The molecule has 0 saturated heterocycles. The molecule has 0 radical (unpaired) electrons. The second-order valence-electron chi connectivity index (χ2n) is 5.56. The van der Waals surface area contributed by atoms with E-state index in [9.17, 15) is 17.9 Å². The van der Waals surface area contributed by atoms with Gasteiger partial charge < -0.3 is 5.11 Å². The van der Waals surface area contributed by atoms with Crippen LogP contribution in [0.5, 0.6) is 0 Å². The highest BCUT2D eigenvalue weighted by Gasteiger charge is 2.23. The number of halogens is 1. The van der Waals surface area contributed by atoms with E-state index in [1.807, 2.05) is 20.8 Å². The van der Waals surface area contributed by atoms with Gasteiger partial charge >= 0.3 is 0 Å². The number of aliphatic hydroxyl groups is 1. The molecule has 19 heavy (non-hydrogen) atoms. The molecular formula is C12H19FN2O3S. The van der Waals surface area contributed by atoms with Crippen molar-refractivity contribution in [1.29, 1.82) is 0 Å². The number of nitrogens with one attached hydrogen (secondary N) is 1. The molecule has 0 spiro atoms. The van der Waals surface area contributed by atoms with Crippen LogP contribution in [0.2, 0.25) is 0 Å². The Morgan fingerprint density at radius 2 is 2.11 bits per heavy atom. The van der Waals surface area contributed by atoms with E-state index in [1.165, 1.54) is 12.3 Å². The van der Waals surface area contributed by atoms with Gasteiger partial charge in [0.25, 0.3) is 10.0 Å². The van der Waals surface area contributed by atoms with Gasteiger partial charge in [-0.2, -0.15) is 0 Å². The van der Waals surface area contributed by atoms with E-state index in [4.69, 9.17) is 0 Å². The summed E-state index contributed by atoms with van der Waals surface area (Å²) in [7, 11) is -4.04. The van der Waals surface area contributed by atoms with Gasteiger partial charge in [-0.05, 0) is 24.0 Å². The van der Waals surface area contributed by atoms with Gasteiger partial charge in [-0.25, -0.2) is 22.5 Å². The van der Waals surface area contributed by atoms with Gasteiger partial charge in [-0.3, -0.25) is 0 Å². The quantitative estimate of drug-likeness (QED) is 0.856. The highest BCUT2D eigenvalue weighted by molar-refractivity contribution is 7.89. The van der Waals surface area contributed by atoms with Crippen LogP contribution in [0.25, 0.3) is 0 Å². The summed E-state index contributed by atoms with van der Waals surface area (Å²) in [5.41, 5.74) is -0.124. The fourth-order valence-electron chi connectivity index (χ4n) is 1.62. The Labute approximate surface area is 112 Å². The molecule has 0 aliphatic rings. The summed E-state index contributed by atoms with van der Waals surface area (Å²) in [5, 5.41) is 9.07. The van der Waals surface area contributed by atoms with Crippen LogP contribution in [0, 0.1) is 11.2 Å². The first-order valence-electron chi connectivity index (χ1n) is 5.90. The molecule has 1 aromatic rings. The molecule has 0 saturated carbocycles. The minimum Gasteiger partial charge on any atom is -0.392 e. The summed E-state index contributed by atoms with van der Waals surface area (Å²) < 4.78 is 39.1. The molecule has 7 heteroatoms. The number of nitrogens with zero attached hydrogens (tertiary/aromatic N) is 1. The maximum absolute atomic E-state index is 13.3. The molecule has 1 unspecified atom stereocenters. The van der Waals surface area contributed by atoms with Gasteiger partial charge in [0.2, 0.25) is 5.03 Å². The summed E-state index contributed by atoms with van der Waals surface area (Å²) in [6, 6.07) is 2.33. The number of sulfonamides is 1. The van der Waals surface area contributed by atoms with Crippen LogP contribution >= 0.6 is 0 Å². The average molecular weight is 290 g/mol. The normalized spacial score (nSPS) is 14.4. The van der Waals surface area contributed by atoms with Gasteiger partial charge in [0.05, 0.1) is 6.10 Å². The molecule has 0 fully saturated rings. The van der Waals surface area contributed by atoms with Crippen molar-refractivity contribution < 1.29 is 17.9 Å². The van der Waals surface area contributed by atoms with Crippen molar-refractivity contribution in [2.45, 2.75) is 38.3 Å². The highest BCUT2D eigenvalue weighted by Crippen LogP contribution is 2.20. The Morgan fingerprint density at radius 1 is 1.47 bits per heavy atom. The number of hydrogen-bond donors (Lipinski definition) is 2. The number of hydrogen-bond acceptors (Lipinski definition) is 4. The monoisotopic (exact) mass is 290 g/mol. The van der Waals surface area contributed by atoms with Crippen LogP contribution in [0.15, 0.2) is 23.4 Å². The topological polar surface area (TPSA) is 79.3 Å². The number of aliphatic hydroxyl groups excluding tert-OH is 1. The van der Waals surface area contributed by atoms with Crippen LogP contribution in [0.1, 0.15) is 27.2 Å². The van der Waals surface area contributed by atoms with Crippen LogP contribution in [-0.4, -0.2) is 31.2 Å². The zero-order valence-corrected chi connectivity index (χ0v) is 12.0. The number of aromatic nitrogens is 1. The van der Waals surface area contributed by atoms with E-state index < -0.39 is 27.0 Å². The molecule has 5 nitrogen and oxygen atoms in total. The number of rotatable bonds is 5. The lowest BCUT2D eigenvalue weighted by Crippen LogP contribution is -2.35. The molecule has 1 heterocycles. The second-order valence-corrected chi connectivity index (χ2v) is 7.24. The molecule has 108 valence electrons. The Hall–Kier alpha value is -1.05. The molecule has 1 atom stereocenters. The van der Waals surface area contributed by atoms with Crippen molar-refractivity contribution >= 4 is 10.0 Å². The molecule has 0 aliphatic carbocycles. The summed E-state index contributed by atoms with van der Waals surface area (Å²) in [6.07, 6.45) is 0.797. The van der Waals surface area contributed by atoms with Gasteiger partial charge in [0.1, 0.15) is 0 Å². The van der Waals surface area contributed by atoms with E-state index in [-0.39, 0.29) is 12.0 Å². The Bertz CT molecular complexity index is 526. The lowest BCUT2D eigenvalue weighted by Gasteiger charge is -2.22. The molecular weight excluding hydrogens is 271 g/mol. The van der Waals surface area contributed by atoms with E-state index in [0.717, 1.165) is 6.07 Å². The standard InChI is InChI=1S/C12H19FN2O3S/c1-12(2,3)7-9(16)8-15-19(17,18)11-10(13)5-4-6-14-11/h4-6,9,15-16H,7-8H2,1-3H3. The van der Waals surface area contributed by atoms with E-state index in [2.05, 4.69) is 9.71 Å². The maximum atomic E-state index is 13.3. The van der Waals surface area contributed by atoms with Crippen molar-refractivity contribution in [2.75, 3.05) is 6.54 Å². The van der Waals surface area contributed by atoms with Gasteiger partial charge in [0.15, 0.2) is 5.82 Å². The van der Waals surface area contributed by atoms with Crippen LogP contribution in [0.3, 0.4) is 0 Å². The van der Waals surface area contributed by atoms with Gasteiger partial charge in [0, 0.05) is 12.7 Å². The maximum Gasteiger partial charge on any atom is 0.261 e. The van der Waals surface area contributed by atoms with E-state index in [0.29, 0.717) is 6.42 Å². The number of pyridine rings is 1. The Morgan fingerprint density at radius 3 is 2.63 bits per heavy atom. The summed E-state index contributed by atoms with van der Waals surface area (Å²) in [4.78, 5) is 3.50. The molecule has 2 N–H and O–H groups in total. The van der Waals surface area contributed by atoms with Crippen molar-refractivity contribution in [2.24, 2.45) is 5.41 Å². The lowest BCUT2D eigenvalue weighted by molar-refractivity contribution is 0.125. The minimum absolute atomic E-state index is 0.124. The molecule has 0 aromatic carbocycles. The highest BCUT2D eigenvalue weighted by atomic mass is 32.2. The van der Waals surface area contributed by atoms with E-state index >= 15 is 0 Å². The first-order chi connectivity index (χ1) is 8.62. The van der Waals surface area contributed by atoms with Gasteiger partial charge in [-0.15, -0.1) is 0 Å². The smallest absolute Gasteiger partial charge is 0.261 e. The molecule has 1 aromatic heterocycles. The van der Waals surface area contributed by atoms with Crippen molar-refractivity contribution in [3.63, 3.8) is 0 Å². The van der Waals surface area contributed by atoms with Crippen molar-refractivity contribution in [3.8, 4) is 0 Å². The zero-order valence-electron chi connectivity index (χ0n) is 11.2. The van der Waals surface area contributed by atoms with E-state index in [1.54, 1.807) is 0 Å². The minimum atomic E-state index is -4.04. The molecule has 0 aliphatic heterocycles. The first-order valence-corrected chi connectivity index (χ1v) is 7.38. The third-order valence-corrected chi connectivity index (χ3v) is 3.69. The SMILES string of the molecule is CC(C)(C)CC(O)CNS(=O)(=O)c1ncccc1F. The molecule has 0 bridgehead atoms. The van der Waals surface area contributed by atoms with Crippen LogP contribution in [-0.2, 0) is 10.0 Å². The molecule has 0 amide bonds. The van der Waals surface area contributed by atoms with Gasteiger partial charge in [-0.1, -0.05) is 20.8 Å². The zero-order chi connectivity index (χ0) is 14.7. The predicted molar refractivity (Wildman–Crippen MR) is 69.5 cm³/mol. The summed E-state index contributed by atoms with van der Waals surface area (Å²) >= 11 is 0. The Balaban J connectivity index is 2.70. The largest absolute Gasteiger partial charge is 0.392 e. The average Bonchev–Trinajstić information content (AvgIpc) is 2.24. The third kappa shape index (κ3) is 5.22. The fourth-order valence-corrected chi connectivity index (χ4v) is 2.70. The third-order valence-electron chi connectivity index (χ3n) is 2.34. The van der Waals surface area contributed by atoms with Crippen molar-refractivity contribution in [3.05, 3.63) is 24.1 Å². The lowest BCUT2D eigenvalue weighted by atomic mass is 9.89. The van der Waals surface area contributed by atoms with Crippen LogP contribution < -0.4 is 4.72 Å². The summed E-state index contributed by atoms with van der Waals surface area (Å²) in [6.45, 7) is 5.63. The second kappa shape index (κ2) is 5.94. The fraction of sp³-hybridized carbons (Fsp3) is 0.583. The Kier molecular flexibility index (Phi) is 5.00. The predicted octanol–water partition coefficient (Wildman–Crippen LogP) is 1.30. The van der Waals surface area contributed by atoms with Crippen LogP contribution in [0.4, 0.5) is 4.39 Å². The van der Waals surface area contributed by atoms with Crippen molar-refractivity contribution in [1.82, 2.24) is 9.71 Å². The molecule has 1 rings (SSSR count). The summed E-state index contributed by atoms with van der Waals surface area (Å²) in [5.74, 6) is -0.916.